The number of nitrogens with one attached hydrogen (secondary N) is 1. The number of carbonyl (C=O) groups is 1. The van der Waals surface area contributed by atoms with Crippen molar-refractivity contribution in [3.63, 3.8) is 0 Å². The molecule has 2 heterocycles. The first kappa shape index (κ1) is 21.1. The molecule has 4 rings (SSSR count). The van der Waals surface area contributed by atoms with Crippen LogP contribution in [0.5, 0.6) is 5.75 Å². The van der Waals surface area contributed by atoms with E-state index in [1.54, 1.807) is 0 Å². The molecule has 2 aromatic carbocycles. The maximum absolute atomic E-state index is 11.2. The van der Waals surface area contributed by atoms with Crippen LogP contribution in [-0.4, -0.2) is 22.3 Å². The lowest BCUT2D eigenvalue weighted by Crippen LogP contribution is -2.24. The monoisotopic (exact) mass is 415 g/mol. The molecule has 0 spiro atoms. The van der Waals surface area contributed by atoms with Gasteiger partial charge in [0.25, 0.3) is 0 Å². The summed E-state index contributed by atoms with van der Waals surface area (Å²) in [6.45, 7) is 4.46. The number of amides is 1. The molecule has 0 aliphatic carbocycles. The standard InChI is InChI=1S/C26H29N3O2/c1-20(30)28-17-24-16-22(13-14-27-24)25-11-7-15-29(25)18-23-10-5-6-12-26(23)31-19-21-8-3-2-4-9-21/h2-6,8-10,12-14,16,25H,7,11,15,17-19H2,1H3,(H,28,30)/t25-/m1/s1. The van der Waals surface area contributed by atoms with E-state index in [-0.39, 0.29) is 5.91 Å². The topological polar surface area (TPSA) is 54.5 Å². The summed E-state index contributed by atoms with van der Waals surface area (Å²) < 4.78 is 6.17. The zero-order valence-corrected chi connectivity index (χ0v) is 18.0. The molecule has 160 valence electrons. The second-order valence-corrected chi connectivity index (χ2v) is 8.00. The third-order valence-corrected chi connectivity index (χ3v) is 5.69. The van der Waals surface area contributed by atoms with Gasteiger partial charge in [-0.15, -0.1) is 0 Å². The van der Waals surface area contributed by atoms with Crippen molar-refractivity contribution in [1.82, 2.24) is 15.2 Å². The Morgan fingerprint density at radius 2 is 1.94 bits per heavy atom. The molecule has 1 N–H and O–H groups in total. The lowest BCUT2D eigenvalue weighted by Gasteiger charge is -2.26. The number of nitrogens with zero attached hydrogens (tertiary/aromatic N) is 2. The highest BCUT2D eigenvalue weighted by Gasteiger charge is 2.27. The quantitative estimate of drug-likeness (QED) is 0.583. The number of pyridine rings is 1. The SMILES string of the molecule is CC(=O)NCc1cc([C@H]2CCCN2Cc2ccccc2OCc2ccccc2)ccn1. The van der Waals surface area contributed by atoms with E-state index in [1.165, 1.54) is 30.0 Å². The molecule has 31 heavy (non-hydrogen) atoms. The van der Waals surface area contributed by atoms with Gasteiger partial charge in [-0.25, -0.2) is 0 Å². The van der Waals surface area contributed by atoms with E-state index in [1.807, 2.05) is 30.5 Å². The van der Waals surface area contributed by atoms with Crippen LogP contribution in [-0.2, 0) is 24.5 Å². The number of benzene rings is 2. The van der Waals surface area contributed by atoms with Gasteiger partial charge in [-0.3, -0.25) is 14.7 Å². The van der Waals surface area contributed by atoms with Gasteiger partial charge in [0.15, 0.2) is 0 Å². The van der Waals surface area contributed by atoms with Crippen molar-refractivity contribution in [2.75, 3.05) is 6.54 Å². The molecule has 0 unspecified atom stereocenters. The fourth-order valence-electron chi connectivity index (χ4n) is 4.14. The maximum atomic E-state index is 11.2. The van der Waals surface area contributed by atoms with Crippen molar-refractivity contribution in [3.05, 3.63) is 95.3 Å². The Balaban J connectivity index is 1.46. The third kappa shape index (κ3) is 5.70. The Morgan fingerprint density at radius 3 is 2.77 bits per heavy atom. The minimum absolute atomic E-state index is 0.0400. The van der Waals surface area contributed by atoms with Gasteiger partial charge in [-0.1, -0.05) is 48.5 Å². The van der Waals surface area contributed by atoms with Crippen molar-refractivity contribution in [2.24, 2.45) is 0 Å². The summed E-state index contributed by atoms with van der Waals surface area (Å²) in [6.07, 6.45) is 4.14. The number of aromatic nitrogens is 1. The van der Waals surface area contributed by atoms with Crippen LogP contribution in [0.15, 0.2) is 72.9 Å². The van der Waals surface area contributed by atoms with Crippen molar-refractivity contribution in [2.45, 2.75) is 45.5 Å². The summed E-state index contributed by atoms with van der Waals surface area (Å²) in [7, 11) is 0. The van der Waals surface area contributed by atoms with Crippen LogP contribution >= 0.6 is 0 Å². The summed E-state index contributed by atoms with van der Waals surface area (Å²) in [6, 6.07) is 23.1. The van der Waals surface area contributed by atoms with Gasteiger partial charge in [0.1, 0.15) is 12.4 Å². The van der Waals surface area contributed by atoms with Crippen molar-refractivity contribution >= 4 is 5.91 Å². The fraction of sp³-hybridized carbons (Fsp3) is 0.308. The average Bonchev–Trinajstić information content (AvgIpc) is 3.26. The van der Waals surface area contributed by atoms with Crippen LogP contribution < -0.4 is 10.1 Å². The molecule has 5 nitrogen and oxygen atoms in total. The predicted molar refractivity (Wildman–Crippen MR) is 121 cm³/mol. The lowest BCUT2D eigenvalue weighted by molar-refractivity contribution is -0.119. The Morgan fingerprint density at radius 1 is 1.13 bits per heavy atom. The summed E-state index contributed by atoms with van der Waals surface area (Å²) in [5, 5.41) is 2.83. The zero-order chi connectivity index (χ0) is 21.5. The first-order valence-corrected chi connectivity index (χ1v) is 10.9. The molecule has 1 aromatic heterocycles. The van der Waals surface area contributed by atoms with Gasteiger partial charge in [-0.05, 0) is 48.7 Å². The first-order chi connectivity index (χ1) is 15.2. The molecular formula is C26H29N3O2. The Labute approximate surface area is 184 Å². The summed E-state index contributed by atoms with van der Waals surface area (Å²) in [4.78, 5) is 18.2. The van der Waals surface area contributed by atoms with Gasteiger partial charge >= 0.3 is 0 Å². The number of hydrogen-bond donors (Lipinski definition) is 1. The molecule has 1 saturated heterocycles. The lowest BCUT2D eigenvalue weighted by atomic mass is 10.0. The number of ether oxygens (including phenoxy) is 1. The summed E-state index contributed by atoms with van der Waals surface area (Å²) in [5.74, 6) is 0.903. The van der Waals surface area contributed by atoms with Gasteiger partial charge in [0.05, 0.1) is 12.2 Å². The molecule has 0 bridgehead atoms. The van der Waals surface area contributed by atoms with E-state index in [0.29, 0.717) is 19.2 Å². The Hall–Kier alpha value is -3.18. The van der Waals surface area contributed by atoms with Gasteiger partial charge in [0.2, 0.25) is 5.91 Å². The van der Waals surface area contributed by atoms with Gasteiger partial charge < -0.3 is 10.1 Å². The number of para-hydroxylation sites is 1. The molecule has 5 heteroatoms. The third-order valence-electron chi connectivity index (χ3n) is 5.69. The van der Waals surface area contributed by atoms with Gasteiger partial charge in [-0.2, -0.15) is 0 Å². The molecule has 0 saturated carbocycles. The second kappa shape index (κ2) is 10.2. The van der Waals surface area contributed by atoms with E-state index in [0.717, 1.165) is 31.0 Å². The number of likely N-dealkylation sites (tertiary alicyclic amines) is 1. The van der Waals surface area contributed by atoms with Crippen LogP contribution in [0, 0.1) is 0 Å². The Bertz CT molecular complexity index is 1010. The van der Waals surface area contributed by atoms with Crippen molar-refractivity contribution in [3.8, 4) is 5.75 Å². The van der Waals surface area contributed by atoms with Crippen LogP contribution in [0.4, 0.5) is 0 Å². The second-order valence-electron chi connectivity index (χ2n) is 8.00. The molecule has 1 amide bonds. The van der Waals surface area contributed by atoms with E-state index < -0.39 is 0 Å². The van der Waals surface area contributed by atoms with Crippen LogP contribution in [0.3, 0.4) is 0 Å². The van der Waals surface area contributed by atoms with Crippen LogP contribution in [0.2, 0.25) is 0 Å². The molecule has 1 atom stereocenters. The summed E-state index contributed by atoms with van der Waals surface area (Å²) >= 11 is 0. The molecule has 1 aliphatic heterocycles. The molecule has 3 aromatic rings. The Kier molecular flexibility index (Phi) is 6.95. The number of rotatable bonds is 8. The highest BCUT2D eigenvalue weighted by Crippen LogP contribution is 2.34. The number of hydrogen-bond acceptors (Lipinski definition) is 4. The minimum Gasteiger partial charge on any atom is -0.489 e. The van der Waals surface area contributed by atoms with Crippen molar-refractivity contribution < 1.29 is 9.53 Å². The van der Waals surface area contributed by atoms with E-state index in [2.05, 4.69) is 57.7 Å². The molecular weight excluding hydrogens is 386 g/mol. The van der Waals surface area contributed by atoms with Crippen LogP contribution in [0.1, 0.15) is 48.2 Å². The first-order valence-electron chi connectivity index (χ1n) is 10.9. The largest absolute Gasteiger partial charge is 0.489 e. The molecule has 0 radical (unpaired) electrons. The summed E-state index contributed by atoms with van der Waals surface area (Å²) in [5.41, 5.74) is 4.53. The molecule has 1 fully saturated rings. The smallest absolute Gasteiger partial charge is 0.217 e. The highest BCUT2D eigenvalue weighted by molar-refractivity contribution is 5.72. The zero-order valence-electron chi connectivity index (χ0n) is 18.0. The highest BCUT2D eigenvalue weighted by atomic mass is 16.5. The molecule has 1 aliphatic rings. The maximum Gasteiger partial charge on any atom is 0.217 e. The predicted octanol–water partition coefficient (Wildman–Crippen LogP) is 4.63. The van der Waals surface area contributed by atoms with Crippen molar-refractivity contribution in [1.29, 1.82) is 0 Å². The van der Waals surface area contributed by atoms with Gasteiger partial charge in [0, 0.05) is 31.3 Å². The normalized spacial score (nSPS) is 16.2. The fourth-order valence-corrected chi connectivity index (χ4v) is 4.14. The van der Waals surface area contributed by atoms with Crippen LogP contribution in [0.25, 0.3) is 0 Å². The average molecular weight is 416 g/mol. The van der Waals surface area contributed by atoms with E-state index in [9.17, 15) is 4.79 Å². The van der Waals surface area contributed by atoms with E-state index in [4.69, 9.17) is 4.74 Å². The number of carbonyl (C=O) groups excluding carboxylic acids is 1. The van der Waals surface area contributed by atoms with E-state index >= 15 is 0 Å². The minimum atomic E-state index is -0.0400.